The zero-order valence-electron chi connectivity index (χ0n) is 18.2. The van der Waals surface area contributed by atoms with Crippen molar-refractivity contribution in [1.82, 2.24) is 4.31 Å². The average Bonchev–Trinajstić information content (AvgIpc) is 3.28. The van der Waals surface area contributed by atoms with Crippen LogP contribution < -0.4 is 10.6 Å². The van der Waals surface area contributed by atoms with E-state index >= 15 is 0 Å². The smallest absolute Gasteiger partial charge is 0.294 e. The lowest BCUT2D eigenvalue weighted by Crippen LogP contribution is -2.48. The number of nitrogens with two attached hydrogens (primary N) is 1. The highest BCUT2D eigenvalue weighted by Gasteiger charge is 2.31. The number of carbonyl (C=O) groups excluding carboxylic acids is 1. The van der Waals surface area contributed by atoms with Crippen LogP contribution in [0.2, 0.25) is 10.0 Å². The summed E-state index contributed by atoms with van der Waals surface area (Å²) in [7, 11) is -3.75. The van der Waals surface area contributed by atoms with Gasteiger partial charge in [-0.15, -0.1) is 11.3 Å². The van der Waals surface area contributed by atoms with E-state index in [1.165, 1.54) is 10.4 Å². The number of piperazine rings is 1. The molecule has 1 saturated heterocycles. The number of nitro groups is 1. The molecule has 1 aliphatic heterocycles. The average molecular weight is 555 g/mol. The topological polar surface area (TPSA) is 127 Å². The van der Waals surface area contributed by atoms with E-state index in [2.05, 4.69) is 0 Å². The van der Waals surface area contributed by atoms with Gasteiger partial charge in [-0.3, -0.25) is 14.9 Å². The van der Waals surface area contributed by atoms with E-state index in [-0.39, 0.29) is 28.0 Å². The fourth-order valence-electron chi connectivity index (χ4n) is 3.94. The number of nitrogens with zero attached hydrogens (tertiary/aromatic N) is 3. The number of hydrogen-bond donors (Lipinski definition) is 1. The highest BCUT2D eigenvalue weighted by Crippen LogP contribution is 2.33. The number of halogens is 2. The molecule has 4 rings (SSSR count). The van der Waals surface area contributed by atoms with Gasteiger partial charge in [-0.25, -0.2) is 8.42 Å². The van der Waals surface area contributed by atoms with Crippen molar-refractivity contribution in [2.75, 3.05) is 31.1 Å². The number of carbonyl (C=O) groups is 1. The fraction of sp³-hybridized carbons (Fsp3) is 0.227. The summed E-state index contributed by atoms with van der Waals surface area (Å²) in [4.78, 5) is 25.2. The summed E-state index contributed by atoms with van der Waals surface area (Å²) in [6.07, 6.45) is 0.313. The van der Waals surface area contributed by atoms with Gasteiger partial charge in [-0.2, -0.15) is 4.31 Å². The summed E-state index contributed by atoms with van der Waals surface area (Å²) in [5, 5.41) is 12.1. The van der Waals surface area contributed by atoms with Gasteiger partial charge in [0.15, 0.2) is 0 Å². The number of sulfonamides is 1. The number of benzene rings is 2. The molecule has 0 bridgehead atoms. The maximum atomic E-state index is 13.2. The van der Waals surface area contributed by atoms with Gasteiger partial charge in [0.05, 0.1) is 4.92 Å². The van der Waals surface area contributed by atoms with Crippen LogP contribution in [0.4, 0.5) is 11.4 Å². The van der Waals surface area contributed by atoms with Gasteiger partial charge in [0.1, 0.15) is 9.90 Å². The Hall–Kier alpha value is -2.70. The molecule has 184 valence electrons. The molecule has 0 aliphatic carbocycles. The lowest BCUT2D eigenvalue weighted by atomic mass is 10.0. The van der Waals surface area contributed by atoms with E-state index in [0.717, 1.165) is 16.2 Å². The van der Waals surface area contributed by atoms with E-state index in [9.17, 15) is 23.3 Å². The summed E-state index contributed by atoms with van der Waals surface area (Å²) in [6, 6.07) is 12.5. The molecule has 3 aromatic rings. The minimum Gasteiger partial charge on any atom is -0.366 e. The molecule has 0 radical (unpaired) electrons. The molecule has 13 heteroatoms. The van der Waals surface area contributed by atoms with Gasteiger partial charge in [0.25, 0.3) is 15.7 Å². The molecule has 0 unspecified atom stereocenters. The number of thiophene rings is 1. The van der Waals surface area contributed by atoms with Crippen LogP contribution in [-0.2, 0) is 16.4 Å². The first-order chi connectivity index (χ1) is 16.6. The van der Waals surface area contributed by atoms with Crippen LogP contribution in [0.15, 0.2) is 52.7 Å². The summed E-state index contributed by atoms with van der Waals surface area (Å²) >= 11 is 13.1. The fourth-order valence-corrected chi connectivity index (χ4v) is 7.25. The number of anilines is 1. The third-order valence-corrected chi connectivity index (χ3v) is 9.56. The molecule has 0 saturated carbocycles. The molecule has 1 aliphatic rings. The van der Waals surface area contributed by atoms with Crippen molar-refractivity contribution in [1.29, 1.82) is 0 Å². The minimum absolute atomic E-state index is 0.118. The van der Waals surface area contributed by atoms with Gasteiger partial charge in [-0.05, 0) is 48.0 Å². The largest absolute Gasteiger partial charge is 0.366 e. The molecule has 9 nitrogen and oxygen atoms in total. The van der Waals surface area contributed by atoms with Crippen molar-refractivity contribution in [2.45, 2.75) is 10.6 Å². The molecule has 2 aromatic carbocycles. The van der Waals surface area contributed by atoms with Crippen molar-refractivity contribution in [3.8, 4) is 0 Å². The number of amides is 1. The predicted molar refractivity (Wildman–Crippen MR) is 136 cm³/mol. The van der Waals surface area contributed by atoms with Crippen LogP contribution >= 0.6 is 34.5 Å². The first kappa shape index (κ1) is 25.4. The Morgan fingerprint density at radius 3 is 2.34 bits per heavy atom. The molecule has 1 aromatic heterocycles. The van der Waals surface area contributed by atoms with Crippen LogP contribution in [0.25, 0.3) is 0 Å². The van der Waals surface area contributed by atoms with E-state index in [1.54, 1.807) is 47.4 Å². The second-order valence-electron chi connectivity index (χ2n) is 7.84. The number of rotatable bonds is 7. The lowest BCUT2D eigenvalue weighted by molar-refractivity contribution is -0.384. The second-order valence-corrected chi connectivity index (χ2v) is 12.1. The van der Waals surface area contributed by atoms with Crippen LogP contribution in [0.3, 0.4) is 0 Å². The maximum absolute atomic E-state index is 13.2. The number of hydrogen-bond acceptors (Lipinski definition) is 7. The molecule has 1 fully saturated rings. The third-order valence-electron chi connectivity index (χ3n) is 5.64. The Bertz CT molecular complexity index is 1400. The third kappa shape index (κ3) is 5.44. The monoisotopic (exact) mass is 554 g/mol. The van der Waals surface area contributed by atoms with Gasteiger partial charge in [-0.1, -0.05) is 23.2 Å². The molecule has 0 spiro atoms. The van der Waals surface area contributed by atoms with E-state index in [4.69, 9.17) is 28.9 Å². The minimum atomic E-state index is -3.75. The lowest BCUT2D eigenvalue weighted by Gasteiger charge is -2.34. The second kappa shape index (κ2) is 10.1. The predicted octanol–water partition coefficient (Wildman–Crippen LogP) is 4.16. The molecule has 0 atom stereocenters. The van der Waals surface area contributed by atoms with E-state index in [1.807, 2.05) is 0 Å². The van der Waals surface area contributed by atoms with Gasteiger partial charge in [0.2, 0.25) is 5.91 Å². The Kier molecular flexibility index (Phi) is 7.34. The zero-order chi connectivity index (χ0) is 25.3. The van der Waals surface area contributed by atoms with Gasteiger partial charge >= 0.3 is 0 Å². The van der Waals surface area contributed by atoms with Crippen molar-refractivity contribution in [3.05, 3.63) is 84.7 Å². The summed E-state index contributed by atoms with van der Waals surface area (Å²) in [6.45, 7) is 0.944. The first-order valence-electron chi connectivity index (χ1n) is 10.4. The quantitative estimate of drug-likeness (QED) is 0.345. The van der Waals surface area contributed by atoms with Gasteiger partial charge < -0.3 is 10.6 Å². The molecule has 35 heavy (non-hydrogen) atoms. The molecular weight excluding hydrogens is 535 g/mol. The Morgan fingerprint density at radius 1 is 1.03 bits per heavy atom. The summed E-state index contributed by atoms with van der Waals surface area (Å²) in [5.74, 6) is -0.583. The number of primary amides is 1. The normalized spacial score (nSPS) is 14.7. The Labute approximate surface area is 215 Å². The molecular formula is C22H20Cl2N4O5S2. The molecule has 2 heterocycles. The van der Waals surface area contributed by atoms with Crippen LogP contribution in [-0.4, -0.2) is 49.7 Å². The summed E-state index contributed by atoms with van der Waals surface area (Å²) < 4.78 is 28.0. The van der Waals surface area contributed by atoms with Gasteiger partial charge in [0, 0.05) is 59.2 Å². The zero-order valence-corrected chi connectivity index (χ0v) is 21.3. The first-order valence-corrected chi connectivity index (χ1v) is 13.4. The van der Waals surface area contributed by atoms with Crippen molar-refractivity contribution >= 4 is 61.8 Å². The van der Waals surface area contributed by atoms with Crippen LogP contribution in [0.5, 0.6) is 0 Å². The maximum Gasteiger partial charge on any atom is 0.294 e. The highest BCUT2D eigenvalue weighted by atomic mass is 35.5. The highest BCUT2D eigenvalue weighted by molar-refractivity contribution is 7.91. The van der Waals surface area contributed by atoms with E-state index in [0.29, 0.717) is 41.3 Å². The standard InChI is InChI=1S/C22H20Cl2N4O5S2/c23-15-1-4-18(22(25)29)14(11-15)12-17-3-6-21(34-17)35(32,33)27-9-7-26(8-10-27)19-5-2-16(24)13-20(19)28(30)31/h1-6,11,13H,7-10,12H2,(H2,25,29). The van der Waals surface area contributed by atoms with Crippen molar-refractivity contribution in [3.63, 3.8) is 0 Å². The SMILES string of the molecule is NC(=O)c1ccc(Cl)cc1Cc1ccc(S(=O)(=O)N2CCN(c3ccc(Cl)cc3[N+](=O)[O-])CC2)s1. The molecule has 2 N–H and O–H groups in total. The molecule has 1 amide bonds. The Morgan fingerprint density at radius 2 is 1.69 bits per heavy atom. The summed E-state index contributed by atoms with van der Waals surface area (Å²) in [5.41, 5.74) is 6.69. The van der Waals surface area contributed by atoms with E-state index < -0.39 is 20.9 Å². The van der Waals surface area contributed by atoms with Crippen LogP contribution in [0, 0.1) is 10.1 Å². The number of nitro benzene ring substituents is 1. The van der Waals surface area contributed by atoms with Crippen LogP contribution in [0.1, 0.15) is 20.8 Å². The van der Waals surface area contributed by atoms with Crippen molar-refractivity contribution in [2.24, 2.45) is 5.73 Å². The van der Waals surface area contributed by atoms with Crippen molar-refractivity contribution < 1.29 is 18.1 Å². The Balaban J connectivity index is 1.49.